The van der Waals surface area contributed by atoms with Gasteiger partial charge in [0.25, 0.3) is 0 Å². The lowest BCUT2D eigenvalue weighted by Gasteiger charge is -2.37. The van der Waals surface area contributed by atoms with Gasteiger partial charge in [0.05, 0.1) is 24.0 Å². The molecule has 12 nitrogen and oxygen atoms in total. The second-order valence-corrected chi connectivity index (χ2v) is 17.6. The van der Waals surface area contributed by atoms with Crippen LogP contribution in [0.2, 0.25) is 0 Å². The maximum absolute atomic E-state index is 15.2. The minimum absolute atomic E-state index is 0.0364. The van der Waals surface area contributed by atoms with Crippen molar-refractivity contribution >= 4 is 35.2 Å². The van der Waals surface area contributed by atoms with Gasteiger partial charge in [0, 0.05) is 27.8 Å². The van der Waals surface area contributed by atoms with Gasteiger partial charge in [-0.3, -0.25) is 28.8 Å². The second-order valence-electron chi connectivity index (χ2n) is 17.6. The van der Waals surface area contributed by atoms with Crippen LogP contribution in [0.15, 0.2) is 164 Å². The zero-order valence-corrected chi connectivity index (χ0v) is 39.4. The highest BCUT2D eigenvalue weighted by atomic mass is 16.3. The summed E-state index contributed by atoms with van der Waals surface area (Å²) >= 11 is 0. The van der Waals surface area contributed by atoms with E-state index >= 15 is 14.4 Å². The third-order valence-corrected chi connectivity index (χ3v) is 13.0. The van der Waals surface area contributed by atoms with E-state index in [-0.39, 0.29) is 35.8 Å². The standard InChI is InChI=1S/C57H59N3O9/c1-55(67,43-31-19-18-29-41(43)50(62)45(58-3)33-37-21-10-6-11-22-37)53(65)42-30-20-32-44(48(42)51(63)46(59-4)34-38-23-12-7-13-24-38)56(2,68)54(66)57(69,36-61)49(40-27-16-9-17-28-40)52(64)47(60-5)35-39-25-14-8-15-26-39/h6-32,36,45-47,49,58-60,67-69H,33-35H2,1-5H3/t45-,46-,47-,49?,55?,56?,57?/m0/s1. The predicted molar refractivity (Wildman–Crippen MR) is 264 cm³/mol. The topological polar surface area (TPSA) is 199 Å². The highest BCUT2D eigenvalue weighted by molar-refractivity contribution is 6.18. The van der Waals surface area contributed by atoms with Crippen molar-refractivity contribution in [3.05, 3.63) is 214 Å². The number of Topliss-reactive ketones (excluding diaryl/α,β-unsaturated/α-hetero) is 5. The lowest BCUT2D eigenvalue weighted by molar-refractivity contribution is -0.164. The van der Waals surface area contributed by atoms with Crippen LogP contribution in [0.1, 0.15) is 84.2 Å². The van der Waals surface area contributed by atoms with Crippen LogP contribution in [0.3, 0.4) is 0 Å². The molecule has 0 saturated heterocycles. The Morgan fingerprint density at radius 2 is 0.899 bits per heavy atom. The van der Waals surface area contributed by atoms with Gasteiger partial charge in [-0.05, 0) is 76.5 Å². The molecule has 12 heteroatoms. The molecule has 6 aromatic rings. The van der Waals surface area contributed by atoms with E-state index in [2.05, 4.69) is 16.0 Å². The lowest BCUT2D eigenvalue weighted by atomic mass is 9.69. The molecule has 0 saturated carbocycles. The second kappa shape index (κ2) is 22.5. The van der Waals surface area contributed by atoms with Crippen LogP contribution in [0, 0.1) is 0 Å². The summed E-state index contributed by atoms with van der Waals surface area (Å²) in [6.07, 6.45) is 0.409. The molecule has 0 aliphatic rings. The van der Waals surface area contributed by atoms with Crippen LogP contribution in [0.5, 0.6) is 0 Å². The van der Waals surface area contributed by atoms with Crippen LogP contribution in [0.4, 0.5) is 0 Å². The molecule has 0 bridgehead atoms. The summed E-state index contributed by atoms with van der Waals surface area (Å²) in [5.74, 6) is -6.42. The average molecular weight is 930 g/mol. The van der Waals surface area contributed by atoms with Gasteiger partial charge in [-0.25, -0.2) is 0 Å². The molecule has 0 aliphatic heterocycles. The molecular weight excluding hydrogens is 871 g/mol. The Balaban J connectivity index is 1.50. The number of carbonyl (C=O) groups excluding carboxylic acids is 6. The van der Waals surface area contributed by atoms with Crippen molar-refractivity contribution in [1.29, 1.82) is 0 Å². The highest BCUT2D eigenvalue weighted by Gasteiger charge is 2.56. The van der Waals surface area contributed by atoms with Crippen molar-refractivity contribution < 1.29 is 44.1 Å². The van der Waals surface area contributed by atoms with Gasteiger partial charge in [-0.2, -0.15) is 0 Å². The largest absolute Gasteiger partial charge is 0.377 e. The number of hydrogen-bond donors (Lipinski definition) is 6. The van der Waals surface area contributed by atoms with Gasteiger partial charge >= 0.3 is 0 Å². The van der Waals surface area contributed by atoms with Crippen molar-refractivity contribution in [2.24, 2.45) is 0 Å². The van der Waals surface area contributed by atoms with E-state index in [1.807, 2.05) is 42.5 Å². The third kappa shape index (κ3) is 11.0. The molecule has 0 aromatic heterocycles. The van der Waals surface area contributed by atoms with Crippen LogP contribution >= 0.6 is 0 Å². The van der Waals surface area contributed by atoms with E-state index in [4.69, 9.17) is 0 Å². The first-order chi connectivity index (χ1) is 33.0. The van der Waals surface area contributed by atoms with Crippen molar-refractivity contribution in [2.45, 2.75) is 74.0 Å². The molecule has 0 fully saturated rings. The maximum atomic E-state index is 15.2. The van der Waals surface area contributed by atoms with Crippen molar-refractivity contribution in [3.63, 3.8) is 0 Å². The molecule has 6 aromatic carbocycles. The molecule has 0 aliphatic carbocycles. The predicted octanol–water partition coefficient (Wildman–Crippen LogP) is 5.69. The van der Waals surface area contributed by atoms with Gasteiger partial charge in [0.2, 0.25) is 5.78 Å². The maximum Gasteiger partial charge on any atom is 0.208 e. The first-order valence-electron chi connectivity index (χ1n) is 22.8. The molecule has 6 rings (SSSR count). The normalized spacial score (nSPS) is 15.8. The zero-order valence-electron chi connectivity index (χ0n) is 39.4. The van der Waals surface area contributed by atoms with E-state index in [9.17, 15) is 29.7 Å². The first kappa shape index (κ1) is 51.5. The Labute approximate surface area is 402 Å². The Bertz CT molecular complexity index is 2760. The van der Waals surface area contributed by atoms with Gasteiger partial charge in [0.1, 0.15) is 5.60 Å². The SMILES string of the molecule is CN[C@@H](Cc1ccccc1)C(=O)c1ccccc1C(C)(O)C(=O)c1cccc(C(C)(O)C(=O)C(O)(C=O)C(C(=O)[C@H](Cc2ccccc2)NC)c2ccccc2)c1C(=O)[C@H](Cc1ccccc1)NC. The number of likely N-dealkylation sites (N-methyl/N-ethyl adjacent to an activating group) is 3. The molecule has 0 spiro atoms. The van der Waals surface area contributed by atoms with Crippen LogP contribution < -0.4 is 16.0 Å². The molecular formula is C57H59N3O9. The summed E-state index contributed by atoms with van der Waals surface area (Å²) in [6, 6.07) is 42.1. The molecule has 0 amide bonds. The quantitative estimate of drug-likeness (QED) is 0.0247. The summed E-state index contributed by atoms with van der Waals surface area (Å²) in [6.45, 7) is 2.18. The van der Waals surface area contributed by atoms with Gasteiger partial charge in [-0.1, -0.05) is 164 Å². The summed E-state index contributed by atoms with van der Waals surface area (Å²) in [4.78, 5) is 88.3. The molecule has 6 N–H and O–H groups in total. The molecule has 69 heavy (non-hydrogen) atoms. The monoisotopic (exact) mass is 929 g/mol. The Morgan fingerprint density at radius 1 is 0.493 bits per heavy atom. The number of aldehydes is 1. The Hall–Kier alpha value is -6.90. The van der Waals surface area contributed by atoms with Gasteiger partial charge in [-0.15, -0.1) is 0 Å². The minimum atomic E-state index is -3.26. The van der Waals surface area contributed by atoms with Crippen molar-refractivity contribution in [2.75, 3.05) is 21.1 Å². The number of carbonyl (C=O) groups is 6. The molecule has 4 unspecified atom stereocenters. The summed E-state index contributed by atoms with van der Waals surface area (Å²) < 4.78 is 0. The minimum Gasteiger partial charge on any atom is -0.377 e. The smallest absolute Gasteiger partial charge is 0.208 e. The van der Waals surface area contributed by atoms with Crippen LogP contribution in [0.25, 0.3) is 0 Å². The van der Waals surface area contributed by atoms with E-state index in [0.29, 0.717) is 6.42 Å². The van der Waals surface area contributed by atoms with E-state index in [1.54, 1.807) is 85.9 Å². The summed E-state index contributed by atoms with van der Waals surface area (Å²) in [5.41, 5.74) is -7.72. The zero-order chi connectivity index (χ0) is 49.9. The fourth-order valence-electron chi connectivity index (χ4n) is 9.07. The number of aliphatic hydroxyl groups is 3. The van der Waals surface area contributed by atoms with E-state index < -0.39 is 86.5 Å². The number of hydrogen-bond acceptors (Lipinski definition) is 12. The molecule has 0 radical (unpaired) electrons. The molecule has 7 atom stereocenters. The fraction of sp³-hybridized carbons (Fsp3) is 0.263. The number of benzene rings is 6. The Morgan fingerprint density at radius 3 is 1.38 bits per heavy atom. The van der Waals surface area contributed by atoms with E-state index in [0.717, 1.165) is 23.6 Å². The van der Waals surface area contributed by atoms with Crippen molar-refractivity contribution in [3.8, 4) is 0 Å². The Kier molecular flexibility index (Phi) is 16.8. The summed E-state index contributed by atoms with van der Waals surface area (Å²) in [7, 11) is 4.70. The van der Waals surface area contributed by atoms with Crippen LogP contribution in [-0.4, -0.2) is 95.4 Å². The van der Waals surface area contributed by atoms with Crippen molar-refractivity contribution in [1.82, 2.24) is 16.0 Å². The fourth-order valence-corrected chi connectivity index (χ4v) is 9.07. The van der Waals surface area contributed by atoms with Crippen LogP contribution in [-0.2, 0) is 44.8 Å². The molecule has 356 valence electrons. The molecule has 0 heterocycles. The number of ketones is 5. The third-order valence-electron chi connectivity index (χ3n) is 13.0. The van der Waals surface area contributed by atoms with Gasteiger partial charge < -0.3 is 31.3 Å². The van der Waals surface area contributed by atoms with Gasteiger partial charge in [0.15, 0.2) is 40.6 Å². The number of nitrogens with one attached hydrogen (secondary N) is 3. The first-order valence-corrected chi connectivity index (χ1v) is 22.8. The summed E-state index contributed by atoms with van der Waals surface area (Å²) in [5, 5.41) is 46.9. The average Bonchev–Trinajstić information content (AvgIpc) is 3.38. The number of rotatable bonds is 24. The highest BCUT2D eigenvalue weighted by Crippen LogP contribution is 2.40. The van der Waals surface area contributed by atoms with E-state index in [1.165, 1.54) is 63.5 Å². The lowest BCUT2D eigenvalue weighted by Crippen LogP contribution is -2.59.